The molecule has 0 spiro atoms. The molecule has 0 radical (unpaired) electrons. The molecule has 4 aromatic carbocycles. The molecule has 0 aliphatic heterocycles. The molecule has 0 fully saturated rings. The molecule has 0 aromatic heterocycles. The van der Waals surface area contributed by atoms with E-state index in [0.717, 1.165) is 29.3 Å². The van der Waals surface area contributed by atoms with Crippen molar-refractivity contribution in [1.82, 2.24) is 0 Å². The average Bonchev–Trinajstić information content (AvgIpc) is 2.91. The van der Waals surface area contributed by atoms with Crippen molar-refractivity contribution in [3.63, 3.8) is 0 Å². The van der Waals surface area contributed by atoms with E-state index in [4.69, 9.17) is 23.1 Å². The monoisotopic (exact) mass is 663 g/mol. The fraction of sp³-hybridized carbons (Fsp3) is 0.154. The van der Waals surface area contributed by atoms with Crippen molar-refractivity contribution < 1.29 is 43.3 Å². The number of benzene rings is 4. The summed E-state index contributed by atoms with van der Waals surface area (Å²) < 4.78 is 98.1. The Bertz CT molecular complexity index is 2160. The van der Waals surface area contributed by atoms with Crippen LogP contribution in [0.15, 0.2) is 84.8 Å². The molecule has 18 heteroatoms. The number of fused-ring (bicyclic) bond motifs is 1. The first-order valence-electron chi connectivity index (χ1n) is 12.1. The zero-order chi connectivity index (χ0) is 33.0. The Labute approximate surface area is 253 Å². The average molecular weight is 664 g/mol. The number of anilines is 1. The minimum absolute atomic E-state index is 0.00962. The van der Waals surface area contributed by atoms with Crippen molar-refractivity contribution in [3.8, 4) is 5.75 Å². The Kier molecular flexibility index (Phi) is 10.3. The van der Waals surface area contributed by atoms with Gasteiger partial charge in [0.2, 0.25) is 0 Å². The van der Waals surface area contributed by atoms with Crippen molar-refractivity contribution in [2.75, 3.05) is 12.8 Å². The molecule has 0 heterocycles. The van der Waals surface area contributed by atoms with Crippen molar-refractivity contribution in [2.45, 2.75) is 30.6 Å². The van der Waals surface area contributed by atoms with Gasteiger partial charge < -0.3 is 10.5 Å². The molecule has 0 bridgehead atoms. The molecule has 232 valence electrons. The van der Waals surface area contributed by atoms with Gasteiger partial charge in [0, 0.05) is 17.1 Å². The highest BCUT2D eigenvalue weighted by Gasteiger charge is 2.21. The van der Waals surface area contributed by atoms with Crippen LogP contribution in [-0.4, -0.2) is 45.7 Å². The minimum atomic E-state index is -4.78. The summed E-state index contributed by atoms with van der Waals surface area (Å²) in [6, 6.07) is 12.9. The van der Waals surface area contributed by atoms with Gasteiger partial charge in [-0.15, -0.1) is 22.9 Å². The van der Waals surface area contributed by atoms with Gasteiger partial charge in [-0.05, 0) is 79.2 Å². The Hall–Kier alpha value is -4.62. The molecule has 0 unspecified atom stereocenters. The minimum Gasteiger partial charge on any atom is -0.494 e. The third-order valence-corrected chi connectivity index (χ3v) is 7.88. The summed E-state index contributed by atoms with van der Waals surface area (Å²) in [7, 11) is -11.1. The lowest BCUT2D eigenvalue weighted by molar-refractivity contribution is 0.416. The standard InChI is InChI=1S/C26H25N5O7S2.O3S/c1-14-9-20(15(2)8-19(14)27)28-30-22-10-16(3)21(13-24(22)38-4)29-31-23-12-18-17(11-26(23)40(35,36)37)6-5-7-25(18)39(32,33)34;1-4(2)3/h5-13H,27H2,1-4H3,(H,32,33,34)(H,35,36,37);. The highest BCUT2D eigenvalue weighted by Crippen LogP contribution is 2.39. The Morgan fingerprint density at radius 1 is 0.682 bits per heavy atom. The fourth-order valence-corrected chi connectivity index (χ4v) is 5.28. The van der Waals surface area contributed by atoms with Gasteiger partial charge in [0.25, 0.3) is 20.2 Å². The van der Waals surface area contributed by atoms with E-state index >= 15 is 0 Å². The number of nitrogens with two attached hydrogens (primary N) is 1. The van der Waals surface area contributed by atoms with E-state index in [1.54, 1.807) is 13.0 Å². The third kappa shape index (κ3) is 8.26. The first-order valence-corrected chi connectivity index (χ1v) is 16.0. The molecule has 0 aliphatic rings. The lowest BCUT2D eigenvalue weighted by Crippen LogP contribution is -2.01. The summed E-state index contributed by atoms with van der Waals surface area (Å²) >= 11 is 0. The van der Waals surface area contributed by atoms with Gasteiger partial charge in [-0.3, -0.25) is 9.11 Å². The Balaban J connectivity index is 0.00000124. The Morgan fingerprint density at radius 3 is 1.75 bits per heavy atom. The number of azo groups is 2. The van der Waals surface area contributed by atoms with Crippen LogP contribution in [0.4, 0.5) is 28.4 Å². The molecule has 4 rings (SSSR count). The van der Waals surface area contributed by atoms with E-state index < -0.39 is 40.6 Å². The third-order valence-electron chi connectivity index (χ3n) is 6.09. The number of hydrogen-bond donors (Lipinski definition) is 3. The molecule has 44 heavy (non-hydrogen) atoms. The van der Waals surface area contributed by atoms with Gasteiger partial charge in [0.15, 0.2) is 0 Å². The van der Waals surface area contributed by atoms with E-state index in [9.17, 15) is 25.9 Å². The molecule has 0 amide bonds. The van der Waals surface area contributed by atoms with Crippen molar-refractivity contribution in [2.24, 2.45) is 20.5 Å². The van der Waals surface area contributed by atoms with E-state index in [2.05, 4.69) is 20.5 Å². The van der Waals surface area contributed by atoms with Gasteiger partial charge in [0.1, 0.15) is 26.9 Å². The molecular formula is C26H25N5O10S3. The summed E-state index contributed by atoms with van der Waals surface area (Å²) in [4.78, 5) is -1.05. The second-order valence-electron chi connectivity index (χ2n) is 9.16. The Morgan fingerprint density at radius 2 is 1.18 bits per heavy atom. The molecule has 0 atom stereocenters. The highest BCUT2D eigenvalue weighted by molar-refractivity contribution is 7.86. The zero-order valence-electron chi connectivity index (χ0n) is 23.4. The van der Waals surface area contributed by atoms with E-state index in [1.807, 2.05) is 26.0 Å². The molecule has 0 saturated carbocycles. The van der Waals surface area contributed by atoms with E-state index in [0.29, 0.717) is 28.4 Å². The number of nitrogen functional groups attached to an aromatic ring is 1. The molecule has 15 nitrogen and oxygen atoms in total. The van der Waals surface area contributed by atoms with Crippen molar-refractivity contribution >= 4 is 70.1 Å². The first kappa shape index (κ1) is 33.9. The van der Waals surface area contributed by atoms with Crippen LogP contribution < -0.4 is 10.5 Å². The number of rotatable bonds is 7. The fourth-order valence-electron chi connectivity index (χ4n) is 3.93. The zero-order valence-corrected chi connectivity index (χ0v) is 25.9. The predicted molar refractivity (Wildman–Crippen MR) is 160 cm³/mol. The number of methoxy groups -OCH3 is 1. The van der Waals surface area contributed by atoms with Gasteiger partial charge in [-0.1, -0.05) is 12.1 Å². The van der Waals surface area contributed by atoms with Crippen LogP contribution in [0.1, 0.15) is 16.7 Å². The SMILES string of the molecule is COc1cc(N=Nc2cc3c(S(=O)(=O)O)cccc3cc2S(=O)(=O)O)c(C)cc1N=Nc1cc(C)c(N)cc1C.O=S(=O)=O. The largest absolute Gasteiger partial charge is 0.494 e. The van der Waals surface area contributed by atoms with Crippen molar-refractivity contribution in [1.29, 1.82) is 0 Å². The number of nitrogens with zero attached hydrogens (tertiary/aromatic N) is 4. The highest BCUT2D eigenvalue weighted by atomic mass is 32.2. The molecule has 0 aliphatic carbocycles. The first-order chi connectivity index (χ1) is 20.4. The molecular weight excluding hydrogens is 639 g/mol. The van der Waals surface area contributed by atoms with Crippen LogP contribution in [0.2, 0.25) is 0 Å². The lowest BCUT2D eigenvalue weighted by Gasteiger charge is -2.09. The van der Waals surface area contributed by atoms with Crippen LogP contribution in [0.5, 0.6) is 5.75 Å². The van der Waals surface area contributed by atoms with Crippen LogP contribution in [0, 0.1) is 20.8 Å². The summed E-state index contributed by atoms with van der Waals surface area (Å²) in [6.07, 6.45) is 0. The maximum Gasteiger partial charge on any atom is 0.425 e. The smallest absolute Gasteiger partial charge is 0.425 e. The predicted octanol–water partition coefficient (Wildman–Crippen LogP) is 5.68. The van der Waals surface area contributed by atoms with E-state index in [1.165, 1.54) is 25.3 Å². The molecule has 4 N–H and O–H groups in total. The maximum atomic E-state index is 12.1. The number of hydrogen-bond acceptors (Lipinski definition) is 13. The van der Waals surface area contributed by atoms with Gasteiger partial charge in [-0.25, -0.2) is 0 Å². The van der Waals surface area contributed by atoms with Crippen LogP contribution >= 0.6 is 0 Å². The van der Waals surface area contributed by atoms with Crippen LogP contribution in [-0.2, 0) is 30.8 Å². The van der Waals surface area contributed by atoms with E-state index in [-0.39, 0.29) is 22.1 Å². The number of aryl methyl sites for hydroxylation is 3. The normalized spacial score (nSPS) is 12.0. The van der Waals surface area contributed by atoms with Crippen LogP contribution in [0.3, 0.4) is 0 Å². The van der Waals surface area contributed by atoms with Crippen molar-refractivity contribution in [3.05, 3.63) is 71.3 Å². The topological polar surface area (TPSA) is 245 Å². The maximum absolute atomic E-state index is 12.1. The summed E-state index contributed by atoms with van der Waals surface area (Å²) in [5.41, 5.74) is 9.84. The second-order valence-corrected chi connectivity index (χ2v) is 12.3. The summed E-state index contributed by atoms with van der Waals surface area (Å²) in [6.45, 7) is 5.44. The van der Waals surface area contributed by atoms with Gasteiger partial charge in [-0.2, -0.15) is 27.1 Å². The number of ether oxygens (including phenoxy) is 1. The molecule has 4 aromatic rings. The second kappa shape index (κ2) is 13.3. The lowest BCUT2D eigenvalue weighted by atomic mass is 10.1. The molecule has 0 saturated heterocycles. The van der Waals surface area contributed by atoms with Crippen LogP contribution in [0.25, 0.3) is 10.8 Å². The van der Waals surface area contributed by atoms with Gasteiger partial charge in [0.05, 0.1) is 18.5 Å². The summed E-state index contributed by atoms with van der Waals surface area (Å²) in [5, 5.41) is 16.9. The van der Waals surface area contributed by atoms with Gasteiger partial charge >= 0.3 is 10.6 Å². The summed E-state index contributed by atoms with van der Waals surface area (Å²) in [5.74, 6) is 0.301. The quantitative estimate of drug-likeness (QED) is 0.123.